The fourth-order valence-electron chi connectivity index (χ4n) is 2.46. The fraction of sp³-hybridized carbons (Fsp3) is 0.0500. The lowest BCUT2D eigenvalue weighted by atomic mass is 10.2. The highest BCUT2D eigenvalue weighted by atomic mass is 35.5. The largest absolute Gasteiger partial charge is 0.759 e. The van der Waals surface area contributed by atoms with Gasteiger partial charge in [-0.25, -0.2) is 0 Å². The van der Waals surface area contributed by atoms with E-state index in [1.54, 1.807) is 37.4 Å². The molecule has 3 rings (SSSR count). The van der Waals surface area contributed by atoms with Crippen LogP contribution < -0.4 is 14.6 Å². The Morgan fingerprint density at radius 3 is 2.45 bits per heavy atom. The Kier molecular flexibility index (Phi) is 7.75. The summed E-state index contributed by atoms with van der Waals surface area (Å²) in [5.41, 5.74) is 0.611. The van der Waals surface area contributed by atoms with E-state index in [0.717, 1.165) is 5.30 Å². The number of ether oxygens (including phenoxy) is 1. The second-order valence-electron chi connectivity index (χ2n) is 6.00. The average molecular weight is 511 g/mol. The van der Waals surface area contributed by atoms with E-state index >= 15 is 0 Å². The highest BCUT2D eigenvalue weighted by Crippen LogP contribution is 2.34. The number of aliphatic imine (C=N–C) groups is 1. The highest BCUT2D eigenvalue weighted by Gasteiger charge is 2.20. The first-order chi connectivity index (χ1) is 14.8. The number of hydrogen-bond acceptors (Lipinski definition) is 7. The Hall–Kier alpha value is -2.35. The quantitative estimate of drug-likeness (QED) is 0.0954. The number of non-ortho nitro benzene ring substituents is 1. The topological polar surface area (TPSA) is 74.0 Å². The predicted molar refractivity (Wildman–Crippen MR) is 131 cm³/mol. The van der Waals surface area contributed by atoms with Crippen LogP contribution >= 0.6 is 30.1 Å². The van der Waals surface area contributed by atoms with E-state index in [-0.39, 0.29) is 15.8 Å². The Balaban J connectivity index is 1.92. The number of nitrogens with zero attached hydrogens (tertiary/aromatic N) is 2. The summed E-state index contributed by atoms with van der Waals surface area (Å²) in [5, 5.41) is 12.4. The second kappa shape index (κ2) is 10.3. The summed E-state index contributed by atoms with van der Waals surface area (Å²) in [6.45, 7) is -1.41. The van der Waals surface area contributed by atoms with Gasteiger partial charge < -0.3 is 17.4 Å². The molecule has 0 spiro atoms. The van der Waals surface area contributed by atoms with Gasteiger partial charge in [-0.15, -0.1) is 0 Å². The summed E-state index contributed by atoms with van der Waals surface area (Å²) in [4.78, 5) is 14.7. The fourth-order valence-corrected chi connectivity index (χ4v) is 4.55. The normalized spacial score (nSPS) is 11.7. The van der Waals surface area contributed by atoms with Crippen LogP contribution in [0.1, 0.15) is 5.56 Å². The first-order valence-electron chi connectivity index (χ1n) is 8.57. The van der Waals surface area contributed by atoms with Crippen molar-refractivity contribution in [2.45, 2.75) is 0 Å². The van der Waals surface area contributed by atoms with Crippen LogP contribution in [0.4, 0.5) is 11.4 Å². The molecular formula is C20H13Cl2N2O4PS2. The number of halogens is 2. The number of rotatable bonds is 7. The van der Waals surface area contributed by atoms with E-state index in [1.807, 2.05) is 12.1 Å². The first-order valence-corrected chi connectivity index (χ1v) is 12.0. The zero-order chi connectivity index (χ0) is 22.5. The molecule has 0 aromatic heterocycles. The molecule has 0 heterocycles. The van der Waals surface area contributed by atoms with Crippen LogP contribution in [0.5, 0.6) is 11.5 Å². The van der Waals surface area contributed by atoms with Gasteiger partial charge in [-0.05, 0) is 48.5 Å². The molecular weight excluding hydrogens is 498 g/mol. The summed E-state index contributed by atoms with van der Waals surface area (Å²) in [6.07, 6.45) is 0. The van der Waals surface area contributed by atoms with Gasteiger partial charge in [0.1, 0.15) is 5.75 Å². The lowest BCUT2D eigenvalue weighted by Gasteiger charge is -2.14. The molecule has 0 aliphatic heterocycles. The number of benzene rings is 3. The summed E-state index contributed by atoms with van der Waals surface area (Å²) < 4.78 is 11.2. The van der Waals surface area contributed by atoms with Crippen molar-refractivity contribution in [3.05, 3.63) is 86.4 Å². The van der Waals surface area contributed by atoms with Crippen molar-refractivity contribution in [1.29, 1.82) is 0 Å². The zero-order valence-electron chi connectivity index (χ0n) is 15.8. The number of nitro groups is 1. The molecule has 31 heavy (non-hydrogen) atoms. The average Bonchev–Trinajstić information content (AvgIpc) is 2.76. The second-order valence-corrected chi connectivity index (χ2v) is 9.44. The first kappa shape index (κ1) is 23.3. The van der Waals surface area contributed by atoms with Crippen molar-refractivity contribution in [1.82, 2.24) is 0 Å². The van der Waals surface area contributed by atoms with Crippen molar-refractivity contribution in [3.8, 4) is 11.5 Å². The third-order valence-corrected chi connectivity index (χ3v) is 6.79. The van der Waals surface area contributed by atoms with Crippen molar-refractivity contribution in [2.75, 3.05) is 7.11 Å². The monoisotopic (exact) mass is 510 g/mol. The third-order valence-electron chi connectivity index (χ3n) is 4.00. The molecule has 6 nitrogen and oxygen atoms in total. The molecule has 0 saturated carbocycles. The SMILES string of the molecule is COc1ccc([P+](=S)Oc2ccc(Cl)cc2C([S-])=Nc2ccc([N+](=O)[O-])cc2Cl)cc1. The van der Waals surface area contributed by atoms with Crippen LogP contribution in [0.25, 0.3) is 0 Å². The van der Waals surface area contributed by atoms with Gasteiger partial charge in [0, 0.05) is 22.7 Å². The van der Waals surface area contributed by atoms with Crippen LogP contribution in [-0.4, -0.2) is 17.1 Å². The number of hydrogen-bond donors (Lipinski definition) is 0. The van der Waals surface area contributed by atoms with Crippen LogP contribution in [0.3, 0.4) is 0 Å². The van der Waals surface area contributed by atoms with Crippen LogP contribution in [0.15, 0.2) is 65.7 Å². The molecule has 0 aliphatic carbocycles. The summed E-state index contributed by atoms with van der Waals surface area (Å²) in [6, 6.07) is 16.2. The molecule has 3 aromatic rings. The minimum atomic E-state index is -1.41. The van der Waals surface area contributed by atoms with Gasteiger partial charge in [-0.2, -0.15) is 0 Å². The number of nitro benzene ring substituents is 1. The zero-order valence-corrected chi connectivity index (χ0v) is 19.9. The predicted octanol–water partition coefficient (Wildman–Crippen LogP) is 6.10. The molecule has 3 aromatic carbocycles. The molecule has 0 fully saturated rings. The van der Waals surface area contributed by atoms with Gasteiger partial charge in [0.15, 0.2) is 5.75 Å². The minimum Gasteiger partial charge on any atom is -0.759 e. The van der Waals surface area contributed by atoms with Crippen LogP contribution in [-0.2, 0) is 24.4 Å². The van der Waals surface area contributed by atoms with Gasteiger partial charge in [0.05, 0.1) is 22.7 Å². The maximum Gasteiger partial charge on any atom is 0.426 e. The molecule has 0 radical (unpaired) electrons. The van der Waals surface area contributed by atoms with Crippen molar-refractivity contribution >= 4 is 76.3 Å². The summed E-state index contributed by atoms with van der Waals surface area (Å²) in [5.74, 6) is 1.14. The molecule has 11 heteroatoms. The van der Waals surface area contributed by atoms with Gasteiger partial charge in [-0.1, -0.05) is 28.2 Å². The van der Waals surface area contributed by atoms with E-state index in [4.69, 9.17) is 56.9 Å². The van der Waals surface area contributed by atoms with Gasteiger partial charge in [0.25, 0.3) is 5.69 Å². The van der Waals surface area contributed by atoms with Crippen LogP contribution in [0, 0.1) is 10.1 Å². The third kappa shape index (κ3) is 5.87. The molecule has 0 amide bonds. The maximum atomic E-state index is 10.9. The van der Waals surface area contributed by atoms with Crippen LogP contribution in [0.2, 0.25) is 10.0 Å². The number of methoxy groups -OCH3 is 1. The van der Waals surface area contributed by atoms with Crippen molar-refractivity contribution in [3.63, 3.8) is 0 Å². The molecule has 1 unspecified atom stereocenters. The van der Waals surface area contributed by atoms with Gasteiger partial charge >= 0.3 is 6.92 Å². The molecule has 0 saturated heterocycles. The summed E-state index contributed by atoms with van der Waals surface area (Å²) >= 11 is 23.3. The van der Waals surface area contributed by atoms with E-state index in [1.165, 1.54) is 18.2 Å². The van der Waals surface area contributed by atoms with Crippen molar-refractivity contribution < 1.29 is 14.2 Å². The van der Waals surface area contributed by atoms with E-state index in [9.17, 15) is 10.1 Å². The lowest BCUT2D eigenvalue weighted by Crippen LogP contribution is -2.03. The molecule has 0 bridgehead atoms. The maximum absolute atomic E-state index is 10.9. The smallest absolute Gasteiger partial charge is 0.426 e. The Morgan fingerprint density at radius 1 is 1.13 bits per heavy atom. The van der Waals surface area contributed by atoms with Crippen molar-refractivity contribution in [2.24, 2.45) is 4.99 Å². The molecule has 0 N–H and O–H groups in total. The molecule has 1 atom stereocenters. The lowest BCUT2D eigenvalue weighted by molar-refractivity contribution is -0.384. The van der Waals surface area contributed by atoms with E-state index in [0.29, 0.717) is 27.8 Å². The standard InChI is InChI=1S/C20H13Cl2N2O4PS2/c1-27-14-4-6-15(7-5-14)29(31)28-19-9-2-12(21)10-16(19)20(30)23-18-8-3-13(24(25)26)11-17(18)22/h2-11H,1H3. The molecule has 0 aliphatic rings. The molecule has 158 valence electrons. The van der Waals surface area contributed by atoms with Gasteiger partial charge in [-0.3, -0.25) is 19.6 Å². The summed E-state index contributed by atoms with van der Waals surface area (Å²) in [7, 11) is 1.59. The Bertz CT molecular complexity index is 1190. The highest BCUT2D eigenvalue weighted by molar-refractivity contribution is 8.06. The minimum absolute atomic E-state index is 0.102. The Morgan fingerprint density at radius 2 is 1.84 bits per heavy atom. The Labute approximate surface area is 199 Å². The van der Waals surface area contributed by atoms with E-state index in [2.05, 4.69) is 4.99 Å². The van der Waals surface area contributed by atoms with E-state index < -0.39 is 11.8 Å². The van der Waals surface area contributed by atoms with Gasteiger partial charge in [0.2, 0.25) is 17.1 Å².